The van der Waals surface area contributed by atoms with Crippen molar-refractivity contribution in [2.75, 3.05) is 13.3 Å². The predicted octanol–water partition coefficient (Wildman–Crippen LogP) is -0.497. The fourth-order valence-electron chi connectivity index (χ4n) is 2.75. The number of hydrogen-bond acceptors (Lipinski definition) is 10. The quantitative estimate of drug-likeness (QED) is 0.201. The van der Waals surface area contributed by atoms with Gasteiger partial charge in [-0.15, -0.1) is 0 Å². The molecule has 2 unspecified atom stereocenters. The van der Waals surface area contributed by atoms with Crippen LogP contribution in [0.25, 0.3) is 0 Å². The van der Waals surface area contributed by atoms with Gasteiger partial charge in [-0.3, -0.25) is 23.3 Å². The average Bonchev–Trinajstić information content (AvgIpc) is 2.77. The lowest BCUT2D eigenvalue weighted by molar-refractivity contribution is -0.190. The zero-order chi connectivity index (χ0) is 25.5. The summed E-state index contributed by atoms with van der Waals surface area (Å²) in [5, 5.41) is 10.4. The molecule has 190 valence electrons. The largest absolute Gasteiger partial charge is 0.490 e. The van der Waals surface area contributed by atoms with Crippen LogP contribution in [0.5, 0.6) is 0 Å². The molecule has 1 aliphatic heterocycles. The van der Waals surface area contributed by atoms with Gasteiger partial charge in [-0.1, -0.05) is 0 Å². The van der Waals surface area contributed by atoms with Gasteiger partial charge in [0.2, 0.25) is 6.23 Å². The Morgan fingerprint density at radius 2 is 1.73 bits per heavy atom. The first-order valence-corrected chi connectivity index (χ1v) is 12.8. The standard InChI is InChI=1S/C11H16F3N2O14P3/c12-3-2-10(19)6(5-27-32(23,24)30-33(25,26)29-31(20,21)22)28-8(11(10,13)14)16-4-1-7(17)15-9(16)18/h1,4,6,8,19H,2-3,5H2,(H,23,24)(H,25,26)(H,15,17,18)(H2,20,21,22)/t6-,8-,10-/m1/s1. The van der Waals surface area contributed by atoms with E-state index in [9.17, 15) is 46.5 Å². The molecule has 1 aromatic heterocycles. The lowest BCUT2D eigenvalue weighted by atomic mass is 9.88. The normalized spacial score (nSPS) is 28.8. The molecule has 0 aromatic carbocycles. The number of aromatic amines is 1. The first-order chi connectivity index (χ1) is 14.8. The van der Waals surface area contributed by atoms with Crippen molar-refractivity contribution in [1.82, 2.24) is 9.55 Å². The monoisotopic (exact) mass is 550 g/mol. The number of nitrogens with zero attached hydrogens (tertiary/aromatic N) is 1. The number of nitrogens with one attached hydrogen (secondary N) is 1. The van der Waals surface area contributed by atoms with Crippen molar-refractivity contribution in [2.24, 2.45) is 0 Å². The Morgan fingerprint density at radius 3 is 2.24 bits per heavy atom. The second kappa shape index (κ2) is 9.45. The SMILES string of the molecule is O=c1ccn([C@@H]2O[C@H](COP(=O)(O)OP(=O)(O)OP(=O)(O)O)[C@](O)(CCF)C2(F)F)c(=O)[nH]1. The van der Waals surface area contributed by atoms with Crippen molar-refractivity contribution in [3.8, 4) is 0 Å². The Morgan fingerprint density at radius 1 is 1.12 bits per heavy atom. The summed E-state index contributed by atoms with van der Waals surface area (Å²) < 4.78 is 92.5. The summed E-state index contributed by atoms with van der Waals surface area (Å²) >= 11 is 0. The minimum atomic E-state index is -5.93. The van der Waals surface area contributed by atoms with Crippen LogP contribution in [0.1, 0.15) is 12.6 Å². The number of phosphoric ester groups is 1. The number of aliphatic hydroxyl groups is 1. The van der Waals surface area contributed by atoms with Gasteiger partial charge in [-0.2, -0.15) is 17.4 Å². The van der Waals surface area contributed by atoms with Crippen LogP contribution in [-0.4, -0.2) is 65.1 Å². The van der Waals surface area contributed by atoms with E-state index in [1.807, 2.05) is 0 Å². The summed E-state index contributed by atoms with van der Waals surface area (Å²) in [7, 11) is -17.4. The predicted molar refractivity (Wildman–Crippen MR) is 95.5 cm³/mol. The van der Waals surface area contributed by atoms with Gasteiger partial charge in [0.25, 0.3) is 5.56 Å². The highest BCUT2D eigenvalue weighted by atomic mass is 31.3. The Hall–Kier alpha value is -1.20. The topological polar surface area (TPSA) is 244 Å². The van der Waals surface area contributed by atoms with Crippen LogP contribution in [0.2, 0.25) is 0 Å². The van der Waals surface area contributed by atoms with Gasteiger partial charge >= 0.3 is 35.1 Å². The third-order valence-electron chi connectivity index (χ3n) is 4.10. The van der Waals surface area contributed by atoms with Crippen LogP contribution in [0.4, 0.5) is 13.2 Å². The summed E-state index contributed by atoms with van der Waals surface area (Å²) in [6, 6.07) is 0.647. The third kappa shape index (κ3) is 6.48. The van der Waals surface area contributed by atoms with Crippen molar-refractivity contribution in [3.63, 3.8) is 0 Å². The highest BCUT2D eigenvalue weighted by Gasteiger charge is 2.70. The van der Waals surface area contributed by atoms with Gasteiger partial charge in [0.05, 0.1) is 13.3 Å². The van der Waals surface area contributed by atoms with Crippen molar-refractivity contribution >= 4 is 23.5 Å². The van der Waals surface area contributed by atoms with Crippen molar-refractivity contribution in [3.05, 3.63) is 33.1 Å². The number of alkyl halides is 3. The van der Waals surface area contributed by atoms with Gasteiger partial charge < -0.3 is 29.4 Å². The summed E-state index contributed by atoms with van der Waals surface area (Å²) in [6.45, 7) is -3.13. The Bertz CT molecular complexity index is 1140. The number of halogens is 3. The van der Waals surface area contributed by atoms with Gasteiger partial charge in [0.1, 0.15) is 6.10 Å². The van der Waals surface area contributed by atoms with Crippen LogP contribution in [0.15, 0.2) is 21.9 Å². The van der Waals surface area contributed by atoms with Crippen LogP contribution in [0.3, 0.4) is 0 Å². The molecule has 1 aliphatic rings. The number of hydrogen-bond donors (Lipinski definition) is 6. The van der Waals surface area contributed by atoms with Crippen LogP contribution in [-0.2, 0) is 31.6 Å². The maximum Gasteiger partial charge on any atom is 0.490 e. The smallest absolute Gasteiger partial charge is 0.380 e. The van der Waals surface area contributed by atoms with Crippen molar-refractivity contribution in [1.29, 1.82) is 0 Å². The highest BCUT2D eigenvalue weighted by Crippen LogP contribution is 2.66. The Kier molecular flexibility index (Phi) is 8.03. The minimum absolute atomic E-state index is 0.134. The number of ether oxygens (including phenoxy) is 1. The van der Waals surface area contributed by atoms with Crippen LogP contribution in [0, 0.1) is 0 Å². The Labute approximate surface area is 180 Å². The van der Waals surface area contributed by atoms with Gasteiger partial charge in [0, 0.05) is 18.7 Å². The second-order valence-corrected chi connectivity index (χ2v) is 10.8. The molecule has 2 heterocycles. The number of H-pyrrole nitrogens is 1. The Balaban J connectivity index is 2.30. The molecule has 0 aliphatic carbocycles. The van der Waals surface area contributed by atoms with E-state index >= 15 is 0 Å². The molecule has 0 spiro atoms. The fraction of sp³-hybridized carbons (Fsp3) is 0.636. The first kappa shape index (κ1) is 28.0. The van der Waals surface area contributed by atoms with Crippen molar-refractivity contribution in [2.45, 2.75) is 30.3 Å². The molecule has 2 rings (SSSR count). The first-order valence-electron chi connectivity index (χ1n) is 8.25. The van der Waals surface area contributed by atoms with Crippen LogP contribution >= 0.6 is 23.5 Å². The van der Waals surface area contributed by atoms with E-state index in [-0.39, 0.29) is 4.57 Å². The zero-order valence-corrected chi connectivity index (χ0v) is 18.4. The zero-order valence-electron chi connectivity index (χ0n) is 15.8. The van der Waals surface area contributed by atoms with E-state index < -0.39 is 78.3 Å². The molecule has 0 amide bonds. The van der Waals surface area contributed by atoms with E-state index in [4.69, 9.17) is 19.4 Å². The molecule has 0 saturated carbocycles. The molecule has 1 fully saturated rings. The fourth-order valence-corrected chi connectivity index (χ4v) is 5.77. The maximum absolute atomic E-state index is 14.9. The summed E-state index contributed by atoms with van der Waals surface area (Å²) in [5.41, 5.74) is -5.86. The minimum Gasteiger partial charge on any atom is -0.380 e. The lowest BCUT2D eigenvalue weighted by Crippen LogP contribution is -2.54. The van der Waals surface area contributed by atoms with E-state index in [0.717, 1.165) is 0 Å². The van der Waals surface area contributed by atoms with Crippen molar-refractivity contribution < 1.29 is 69.4 Å². The molecule has 33 heavy (non-hydrogen) atoms. The van der Waals surface area contributed by atoms with Gasteiger partial charge in [0.15, 0.2) is 5.60 Å². The van der Waals surface area contributed by atoms with Gasteiger partial charge in [-0.25, -0.2) is 18.5 Å². The average molecular weight is 550 g/mol. The van der Waals surface area contributed by atoms with E-state index in [1.54, 1.807) is 4.98 Å². The highest BCUT2D eigenvalue weighted by molar-refractivity contribution is 7.66. The van der Waals surface area contributed by atoms with Gasteiger partial charge in [-0.05, 0) is 0 Å². The molecular formula is C11H16F3N2O14P3. The lowest BCUT2D eigenvalue weighted by Gasteiger charge is -2.32. The number of phosphoric acid groups is 3. The van der Waals surface area contributed by atoms with E-state index in [1.165, 1.54) is 0 Å². The molecule has 22 heteroatoms. The van der Waals surface area contributed by atoms with E-state index in [0.29, 0.717) is 12.3 Å². The molecule has 0 bridgehead atoms. The molecule has 1 saturated heterocycles. The summed E-state index contributed by atoms with van der Waals surface area (Å²) in [4.78, 5) is 60.1. The molecule has 1 aromatic rings. The molecule has 5 atom stereocenters. The number of rotatable bonds is 10. The third-order valence-corrected chi connectivity index (χ3v) is 7.90. The summed E-state index contributed by atoms with van der Waals surface area (Å²) in [6.07, 6.45) is -5.83. The maximum atomic E-state index is 14.9. The summed E-state index contributed by atoms with van der Waals surface area (Å²) in [5.74, 6) is -4.47. The molecule has 16 nitrogen and oxygen atoms in total. The molecule has 0 radical (unpaired) electrons. The van der Waals surface area contributed by atoms with Crippen LogP contribution < -0.4 is 11.2 Å². The number of aromatic nitrogens is 2. The molecule has 6 N–H and O–H groups in total. The van der Waals surface area contributed by atoms with E-state index in [2.05, 4.69) is 13.1 Å². The molecular weight excluding hydrogens is 534 g/mol. The second-order valence-electron chi connectivity index (χ2n) is 6.37.